The molecule has 0 fully saturated rings. The van der Waals surface area contributed by atoms with Crippen molar-refractivity contribution in [1.29, 1.82) is 0 Å². The maximum absolute atomic E-state index is 2.53. The van der Waals surface area contributed by atoms with Gasteiger partial charge in [-0.1, -0.05) is 172 Å². The Morgan fingerprint density at radius 3 is 1.02 bits per heavy atom. The Bertz CT molecular complexity index is 4150. The molecule has 4 heteroatoms. The average Bonchev–Trinajstić information content (AvgIpc) is 1.75. The molecule has 0 radical (unpaired) electrons. The summed E-state index contributed by atoms with van der Waals surface area (Å²) in [4.78, 5) is 5.06. The fourth-order valence-corrected chi connectivity index (χ4v) is 14.0. The maximum Gasteiger partial charge on any atom is 0.210 e. The van der Waals surface area contributed by atoms with Crippen LogP contribution in [-0.2, 0) is 23.7 Å². The van der Waals surface area contributed by atoms with Gasteiger partial charge in [-0.3, -0.25) is 0 Å². The third-order valence-electron chi connectivity index (χ3n) is 18.3. The van der Waals surface area contributed by atoms with E-state index in [-0.39, 0.29) is 10.8 Å². The van der Waals surface area contributed by atoms with Crippen LogP contribution in [0.2, 0.25) is 0 Å². The van der Waals surface area contributed by atoms with E-state index in [0.29, 0.717) is 0 Å². The Morgan fingerprint density at radius 1 is 0.345 bits per heavy atom. The van der Waals surface area contributed by atoms with E-state index >= 15 is 0 Å². The van der Waals surface area contributed by atoms with Crippen molar-refractivity contribution in [3.05, 3.63) is 264 Å². The third-order valence-corrected chi connectivity index (χ3v) is 18.3. The second-order valence-electron chi connectivity index (χ2n) is 24.3. The Kier molecular flexibility index (Phi) is 14.3. The van der Waals surface area contributed by atoms with E-state index in [9.17, 15) is 0 Å². The van der Waals surface area contributed by atoms with Gasteiger partial charge in [0.15, 0.2) is 11.4 Å². The molecule has 0 saturated heterocycles. The molecule has 0 saturated carbocycles. The molecule has 13 rings (SSSR count). The Hall–Kier alpha value is -9.12. The molecule has 84 heavy (non-hydrogen) atoms. The highest BCUT2D eigenvalue weighted by atomic mass is 15.2. The van der Waals surface area contributed by atoms with Crippen molar-refractivity contribution in [2.24, 2.45) is 0 Å². The van der Waals surface area contributed by atoms with Crippen LogP contribution in [0.5, 0.6) is 0 Å². The van der Waals surface area contributed by atoms with E-state index < -0.39 is 0 Å². The number of anilines is 6. The van der Waals surface area contributed by atoms with Crippen LogP contribution >= 0.6 is 0 Å². The summed E-state index contributed by atoms with van der Waals surface area (Å²) >= 11 is 0. The molecule has 11 aromatic carbocycles. The van der Waals surface area contributed by atoms with Gasteiger partial charge in [-0.15, -0.1) is 0 Å². The highest BCUT2D eigenvalue weighted by Gasteiger charge is 2.45. The number of nitrogens with zero attached hydrogens (tertiary/aromatic N) is 4. The number of fused-ring (bicyclic) bond motifs is 9. The molecule has 0 N–H and O–H groups in total. The van der Waals surface area contributed by atoms with Gasteiger partial charge in [0.05, 0.1) is 22.2 Å². The first-order valence-corrected chi connectivity index (χ1v) is 30.5. The van der Waals surface area contributed by atoms with Crippen LogP contribution in [-0.4, -0.2) is 34.7 Å². The molecule has 0 aromatic heterocycles. The van der Waals surface area contributed by atoms with Crippen molar-refractivity contribution < 1.29 is 9.15 Å². The van der Waals surface area contributed by atoms with E-state index in [1.807, 2.05) is 0 Å². The van der Waals surface area contributed by atoms with Crippen molar-refractivity contribution in [3.63, 3.8) is 0 Å². The molecule has 414 valence electrons. The second kappa shape index (κ2) is 22.2. The van der Waals surface area contributed by atoms with Gasteiger partial charge >= 0.3 is 0 Å². The smallest absolute Gasteiger partial charge is 0.210 e. The predicted molar refractivity (Wildman–Crippen MR) is 362 cm³/mol. The fourth-order valence-electron chi connectivity index (χ4n) is 14.0. The number of benzene rings is 11. The lowest BCUT2D eigenvalue weighted by Gasteiger charge is -2.35. The topological polar surface area (TPSA) is 12.5 Å². The summed E-state index contributed by atoms with van der Waals surface area (Å²) in [6.45, 7) is 14.0. The van der Waals surface area contributed by atoms with Crippen LogP contribution in [0, 0.1) is 0 Å². The molecule has 0 amide bonds. The highest BCUT2D eigenvalue weighted by Crippen LogP contribution is 2.54. The number of hydrogen-bond donors (Lipinski definition) is 0. The molecule has 0 spiro atoms. The van der Waals surface area contributed by atoms with Gasteiger partial charge in [-0.2, -0.15) is 9.15 Å². The number of aryl methyl sites for hydroxylation is 2. The summed E-state index contributed by atoms with van der Waals surface area (Å²) in [5.41, 5.74) is 19.2. The van der Waals surface area contributed by atoms with E-state index in [0.717, 1.165) is 83.8 Å². The summed E-state index contributed by atoms with van der Waals surface area (Å²) in [7, 11) is 4.43. The summed E-state index contributed by atoms with van der Waals surface area (Å²) in [6.07, 6.45) is 16.0. The summed E-state index contributed by atoms with van der Waals surface area (Å²) < 4.78 is 4.77. The first-order valence-electron chi connectivity index (χ1n) is 30.5. The molecule has 0 aliphatic carbocycles. The molecule has 0 atom stereocenters. The van der Waals surface area contributed by atoms with E-state index in [4.69, 9.17) is 0 Å². The standard InChI is InChI=1S/C80H76N4/c1-9-11-21-55-31-43-61(44-32-55)83(63-47-35-57(36-48-63)39-53-73-79(3,4)75-65-25-15-13-23-59(65)41-51-71(75)81(73)7)77-69-29-19-17-27-67(69)68-28-18-20-30-70(68)78(77)84(62-45-33-56(34-46-62)22-12-10-2)64-49-37-58(38-50-64)40-54-74-80(5,6)76-66-26-16-14-24-60(66)42-52-72(76)82(74)8/h13-20,23-54H,9-12,21-22H2,1-8H3/q+2. The van der Waals surface area contributed by atoms with Crippen molar-refractivity contribution in [2.75, 3.05) is 23.9 Å². The van der Waals surface area contributed by atoms with Crippen LogP contribution in [0.15, 0.2) is 231 Å². The first kappa shape index (κ1) is 54.1. The van der Waals surface area contributed by atoms with Gasteiger partial charge in [0.25, 0.3) is 0 Å². The molecular weight excluding hydrogens is 1020 g/mol. The fraction of sp³-hybridized carbons (Fsp3) is 0.200. The predicted octanol–water partition coefficient (Wildman–Crippen LogP) is 21.4. The monoisotopic (exact) mass is 1090 g/mol. The number of unbranched alkanes of at least 4 members (excludes halogenated alkanes) is 2. The Balaban J connectivity index is 0.958. The molecule has 0 unspecified atom stereocenters. The van der Waals surface area contributed by atoms with Gasteiger partial charge in [0, 0.05) is 68.9 Å². The molecule has 0 bridgehead atoms. The minimum Gasteiger partial charge on any atom is -0.308 e. The van der Waals surface area contributed by atoms with Crippen LogP contribution < -0.4 is 9.80 Å². The van der Waals surface area contributed by atoms with Crippen LogP contribution in [0.25, 0.3) is 55.2 Å². The highest BCUT2D eigenvalue weighted by molar-refractivity contribution is 6.23. The molecule has 4 nitrogen and oxygen atoms in total. The molecule has 2 heterocycles. The average molecular weight is 1090 g/mol. The first-order chi connectivity index (χ1) is 40.9. The number of rotatable bonds is 16. The van der Waals surface area contributed by atoms with Crippen LogP contribution in [0.1, 0.15) is 101 Å². The minimum atomic E-state index is -0.181. The zero-order valence-electron chi connectivity index (χ0n) is 50.1. The molecule has 2 aliphatic heterocycles. The zero-order valence-corrected chi connectivity index (χ0v) is 50.1. The number of allylic oxidation sites excluding steroid dienone is 2. The Morgan fingerprint density at radius 2 is 0.667 bits per heavy atom. The summed E-state index contributed by atoms with van der Waals surface area (Å²) in [5.74, 6) is 0. The minimum absolute atomic E-state index is 0.181. The Labute approximate surface area is 497 Å². The quantitative estimate of drug-likeness (QED) is 0.0543. The van der Waals surface area contributed by atoms with Gasteiger partial charge in [-0.25, -0.2) is 0 Å². The summed E-state index contributed by atoms with van der Waals surface area (Å²) in [5, 5.41) is 9.99. The van der Waals surface area contributed by atoms with E-state index in [1.165, 1.54) is 88.1 Å². The molecule has 2 aliphatic rings. The lowest BCUT2D eigenvalue weighted by molar-refractivity contribution is -0.401. The third kappa shape index (κ3) is 9.52. The van der Waals surface area contributed by atoms with Crippen LogP contribution in [0.4, 0.5) is 45.5 Å². The lowest BCUT2D eigenvalue weighted by atomic mass is 9.79. The van der Waals surface area contributed by atoms with Gasteiger partial charge < -0.3 is 9.80 Å². The van der Waals surface area contributed by atoms with Gasteiger partial charge in [0.1, 0.15) is 14.1 Å². The van der Waals surface area contributed by atoms with Gasteiger partial charge in [-0.05, 0) is 181 Å². The molecular formula is C80H76N4+2. The van der Waals surface area contributed by atoms with Crippen molar-refractivity contribution >= 4 is 112 Å². The van der Waals surface area contributed by atoms with Gasteiger partial charge in [0.2, 0.25) is 11.4 Å². The maximum atomic E-state index is 2.53. The molecule has 11 aromatic rings. The zero-order chi connectivity index (χ0) is 57.7. The van der Waals surface area contributed by atoms with Crippen LogP contribution in [0.3, 0.4) is 0 Å². The van der Waals surface area contributed by atoms with E-state index in [2.05, 4.69) is 317 Å². The largest absolute Gasteiger partial charge is 0.308 e. The van der Waals surface area contributed by atoms with Crippen molar-refractivity contribution in [3.8, 4) is 0 Å². The SMILES string of the molecule is CCCCc1ccc(N(c2ccc(/C=C/C3=[N+](C)c4ccc5ccccc5c4C3(C)C)cc2)c2c(N(c3ccc(/C=C/C4=[N+](C)c5ccc6ccccc6c5C4(C)C)cc3)c3ccc(CCCC)cc3)c3ccccc3c3ccccc23)cc1. The van der Waals surface area contributed by atoms with Crippen molar-refractivity contribution in [1.82, 2.24) is 0 Å². The van der Waals surface area contributed by atoms with E-state index in [1.54, 1.807) is 0 Å². The second-order valence-corrected chi connectivity index (χ2v) is 24.3. The lowest BCUT2D eigenvalue weighted by Crippen LogP contribution is -2.26. The number of hydrogen-bond acceptors (Lipinski definition) is 2. The normalized spacial score (nSPS) is 14.5. The summed E-state index contributed by atoms with van der Waals surface area (Å²) in [6, 6.07) is 82.0. The van der Waals surface area contributed by atoms with Crippen molar-refractivity contribution in [2.45, 2.75) is 90.9 Å².